The van der Waals surface area contributed by atoms with Gasteiger partial charge in [-0.1, -0.05) is 13.8 Å². The number of amides is 1. The molecule has 2 aliphatic rings. The molecule has 11 nitrogen and oxygen atoms in total. The first kappa shape index (κ1) is 28.3. The molecular weight excluding hydrogens is 522 g/mol. The minimum atomic E-state index is -0.507. The Morgan fingerprint density at radius 3 is 2.51 bits per heavy atom. The molecule has 0 unspecified atom stereocenters. The van der Waals surface area contributed by atoms with Crippen LogP contribution in [0.15, 0.2) is 30.6 Å². The van der Waals surface area contributed by atoms with Gasteiger partial charge in [0.25, 0.3) is 5.91 Å². The van der Waals surface area contributed by atoms with Crippen LogP contribution >= 0.6 is 0 Å². The van der Waals surface area contributed by atoms with Crippen LogP contribution in [-0.4, -0.2) is 63.6 Å². The third-order valence-corrected chi connectivity index (χ3v) is 7.86. The predicted molar refractivity (Wildman–Crippen MR) is 155 cm³/mol. The molecule has 0 radical (unpaired) electrons. The highest BCUT2D eigenvalue weighted by Gasteiger charge is 2.36. The van der Waals surface area contributed by atoms with Crippen LogP contribution in [0.5, 0.6) is 0 Å². The monoisotopic (exact) mass is 559 g/mol. The lowest BCUT2D eigenvalue weighted by Gasteiger charge is -2.32. The normalized spacial score (nSPS) is 16.8. The molecule has 1 saturated heterocycles. The number of piperidine rings is 1. The SMILES string of the molecule is CCOC(=O)c1cnc(N2CCC(CNc3cc(-n4nc(C)c5c4CC(C)(C)CC5=O)ccc3C(N)=O)CC2)nc1. The number of esters is 1. The topological polar surface area (TPSA) is 145 Å². The number of carbonyl (C=O) groups is 3. The van der Waals surface area contributed by atoms with Gasteiger partial charge in [0.05, 0.1) is 40.4 Å². The van der Waals surface area contributed by atoms with Crippen molar-refractivity contribution in [3.8, 4) is 5.69 Å². The number of aryl methyl sites for hydroxylation is 1. The quantitative estimate of drug-likeness (QED) is 0.394. The third-order valence-electron chi connectivity index (χ3n) is 7.86. The lowest BCUT2D eigenvalue weighted by atomic mass is 9.75. The van der Waals surface area contributed by atoms with Crippen LogP contribution in [0.1, 0.15) is 82.5 Å². The smallest absolute Gasteiger partial charge is 0.341 e. The molecule has 41 heavy (non-hydrogen) atoms. The van der Waals surface area contributed by atoms with Crippen molar-refractivity contribution in [1.29, 1.82) is 0 Å². The number of carbonyl (C=O) groups excluding carboxylic acids is 3. The summed E-state index contributed by atoms with van der Waals surface area (Å²) >= 11 is 0. The Balaban J connectivity index is 1.27. The number of aromatic nitrogens is 4. The van der Waals surface area contributed by atoms with Crippen LogP contribution in [-0.2, 0) is 11.2 Å². The third kappa shape index (κ3) is 5.94. The standard InChI is InChI=1S/C30H37N7O4/c1-5-41-28(40)20-16-33-29(34-17-20)36-10-8-19(9-11-36)15-32-23-12-21(6-7-22(23)27(31)39)37-24-13-30(3,4)14-25(38)26(24)18(2)35-37/h6-7,12,16-17,19,32H,5,8-11,13-15H2,1-4H3,(H2,31,39). The summed E-state index contributed by atoms with van der Waals surface area (Å²) in [6, 6.07) is 5.45. The highest BCUT2D eigenvalue weighted by Crippen LogP contribution is 2.37. The first-order valence-electron chi connectivity index (χ1n) is 14.1. The van der Waals surface area contributed by atoms with E-state index in [9.17, 15) is 14.4 Å². The molecule has 3 aromatic rings. The average Bonchev–Trinajstić information content (AvgIpc) is 3.27. The molecule has 11 heteroatoms. The number of ether oxygens (including phenoxy) is 1. The largest absolute Gasteiger partial charge is 0.462 e. The molecular formula is C30H37N7O4. The predicted octanol–water partition coefficient (Wildman–Crippen LogP) is 3.73. The number of nitrogens with two attached hydrogens (primary N) is 1. The summed E-state index contributed by atoms with van der Waals surface area (Å²) in [6.07, 6.45) is 6.06. The second-order valence-electron chi connectivity index (χ2n) is 11.7. The Bertz CT molecular complexity index is 1470. The fourth-order valence-electron chi connectivity index (χ4n) is 5.77. The van der Waals surface area contributed by atoms with E-state index in [4.69, 9.17) is 15.6 Å². The highest BCUT2D eigenvalue weighted by atomic mass is 16.5. The maximum absolute atomic E-state index is 12.9. The summed E-state index contributed by atoms with van der Waals surface area (Å²) < 4.78 is 6.84. The fraction of sp³-hybridized carbons (Fsp3) is 0.467. The Morgan fingerprint density at radius 2 is 1.85 bits per heavy atom. The summed E-state index contributed by atoms with van der Waals surface area (Å²) in [6.45, 7) is 10.3. The molecule has 1 aliphatic heterocycles. The Morgan fingerprint density at radius 1 is 1.15 bits per heavy atom. The van der Waals surface area contributed by atoms with E-state index in [1.807, 2.05) is 23.7 Å². The zero-order valence-corrected chi connectivity index (χ0v) is 24.1. The lowest BCUT2D eigenvalue weighted by molar-refractivity contribution is 0.0525. The van der Waals surface area contributed by atoms with Gasteiger partial charge >= 0.3 is 5.97 Å². The fourth-order valence-corrected chi connectivity index (χ4v) is 5.77. The van der Waals surface area contributed by atoms with Crippen molar-refractivity contribution in [3.63, 3.8) is 0 Å². The van der Waals surface area contributed by atoms with Crippen LogP contribution in [0, 0.1) is 18.3 Å². The number of nitrogens with one attached hydrogen (secondary N) is 1. The molecule has 0 bridgehead atoms. The molecule has 1 amide bonds. The number of rotatable bonds is 8. The van der Waals surface area contributed by atoms with Gasteiger partial charge in [-0.3, -0.25) is 9.59 Å². The van der Waals surface area contributed by atoms with Crippen molar-refractivity contribution in [1.82, 2.24) is 19.7 Å². The summed E-state index contributed by atoms with van der Waals surface area (Å²) in [5.41, 5.74) is 10.1. The second kappa shape index (κ2) is 11.3. The van der Waals surface area contributed by atoms with Crippen LogP contribution in [0.2, 0.25) is 0 Å². The minimum Gasteiger partial charge on any atom is -0.462 e. The van der Waals surface area contributed by atoms with Crippen molar-refractivity contribution in [2.24, 2.45) is 17.1 Å². The summed E-state index contributed by atoms with van der Waals surface area (Å²) in [7, 11) is 0. The molecule has 1 aromatic carbocycles. The van der Waals surface area contributed by atoms with Crippen LogP contribution in [0.25, 0.3) is 5.69 Å². The van der Waals surface area contributed by atoms with Gasteiger partial charge in [0, 0.05) is 44.1 Å². The average molecular weight is 560 g/mol. The minimum absolute atomic E-state index is 0.124. The van der Waals surface area contributed by atoms with Gasteiger partial charge < -0.3 is 20.7 Å². The van der Waals surface area contributed by atoms with Crippen molar-refractivity contribution in [2.75, 3.05) is 36.5 Å². The van der Waals surface area contributed by atoms with E-state index in [1.165, 1.54) is 12.4 Å². The summed E-state index contributed by atoms with van der Waals surface area (Å²) in [5, 5.41) is 8.18. The van der Waals surface area contributed by atoms with E-state index < -0.39 is 11.9 Å². The molecule has 3 heterocycles. The molecule has 5 rings (SSSR count). The molecule has 0 saturated carbocycles. The van der Waals surface area contributed by atoms with Gasteiger partial charge in [-0.15, -0.1) is 0 Å². The lowest BCUT2D eigenvalue weighted by Crippen LogP contribution is -2.37. The molecule has 2 aromatic heterocycles. The number of hydrogen-bond donors (Lipinski definition) is 2. The van der Waals surface area contributed by atoms with Crippen molar-refractivity contribution < 1.29 is 19.1 Å². The zero-order valence-electron chi connectivity index (χ0n) is 24.1. The first-order chi connectivity index (χ1) is 19.6. The van der Waals surface area contributed by atoms with E-state index in [-0.39, 0.29) is 11.2 Å². The van der Waals surface area contributed by atoms with E-state index in [1.54, 1.807) is 13.0 Å². The number of benzene rings is 1. The Hall–Kier alpha value is -4.28. The maximum atomic E-state index is 12.9. The number of primary amides is 1. The van der Waals surface area contributed by atoms with Crippen molar-refractivity contribution in [2.45, 2.75) is 53.4 Å². The zero-order chi connectivity index (χ0) is 29.3. The number of ketones is 1. The van der Waals surface area contributed by atoms with Crippen molar-refractivity contribution in [3.05, 3.63) is 58.7 Å². The first-order valence-corrected chi connectivity index (χ1v) is 14.1. The maximum Gasteiger partial charge on any atom is 0.341 e. The summed E-state index contributed by atoms with van der Waals surface area (Å²) in [4.78, 5) is 47.8. The van der Waals surface area contributed by atoms with E-state index >= 15 is 0 Å². The van der Waals surface area contributed by atoms with Gasteiger partial charge in [-0.05, 0) is 62.6 Å². The van der Waals surface area contributed by atoms with Crippen LogP contribution in [0.4, 0.5) is 11.6 Å². The van der Waals surface area contributed by atoms with Crippen molar-refractivity contribution >= 4 is 29.3 Å². The molecule has 3 N–H and O–H groups in total. The number of Topliss-reactive ketones (excluding diaryl/α,β-unsaturated/α-hetero) is 1. The number of anilines is 2. The molecule has 216 valence electrons. The van der Waals surface area contributed by atoms with E-state index in [2.05, 4.69) is 34.0 Å². The Kier molecular flexibility index (Phi) is 7.79. The molecule has 0 spiro atoms. The van der Waals surface area contributed by atoms with Crippen LogP contribution in [0.3, 0.4) is 0 Å². The van der Waals surface area contributed by atoms with E-state index in [0.717, 1.165) is 49.4 Å². The molecule has 0 atom stereocenters. The van der Waals surface area contributed by atoms with Gasteiger partial charge in [-0.25, -0.2) is 19.4 Å². The van der Waals surface area contributed by atoms with Gasteiger partial charge in [-0.2, -0.15) is 5.10 Å². The van der Waals surface area contributed by atoms with Gasteiger partial charge in [0.15, 0.2) is 5.78 Å². The molecule has 1 fully saturated rings. The van der Waals surface area contributed by atoms with Gasteiger partial charge in [0.1, 0.15) is 0 Å². The molecule has 1 aliphatic carbocycles. The number of fused-ring (bicyclic) bond motifs is 1. The Labute approximate surface area is 239 Å². The van der Waals surface area contributed by atoms with E-state index in [0.29, 0.717) is 53.8 Å². The second-order valence-corrected chi connectivity index (χ2v) is 11.7. The number of nitrogens with zero attached hydrogens (tertiary/aromatic N) is 5. The van der Waals surface area contributed by atoms with Crippen LogP contribution < -0.4 is 16.0 Å². The highest BCUT2D eigenvalue weighted by molar-refractivity contribution is 6.00. The van der Waals surface area contributed by atoms with Gasteiger partial charge in [0.2, 0.25) is 5.95 Å². The number of hydrogen-bond acceptors (Lipinski definition) is 9. The summed E-state index contributed by atoms with van der Waals surface area (Å²) in [5.74, 6) is 0.148.